The Morgan fingerprint density at radius 2 is 2.30 bits per heavy atom. The summed E-state index contributed by atoms with van der Waals surface area (Å²) in [5.74, 6) is 0.707. The van der Waals surface area contributed by atoms with Gasteiger partial charge < -0.3 is 4.90 Å². The Hall–Kier alpha value is -1.57. The van der Waals surface area contributed by atoms with Crippen LogP contribution in [-0.2, 0) is 6.67 Å². The number of likely N-dealkylation sites (tertiary alicyclic amines) is 1. The third-order valence-corrected chi connectivity index (χ3v) is 5.97. The first-order valence-electron chi connectivity index (χ1n) is 7.95. The Balaban J connectivity index is 1.69. The fourth-order valence-corrected chi connectivity index (χ4v) is 4.81. The lowest BCUT2D eigenvalue weighted by Gasteiger charge is -2.20. The summed E-state index contributed by atoms with van der Waals surface area (Å²) in [6, 6.07) is 7.00. The second kappa shape index (κ2) is 5.81. The van der Waals surface area contributed by atoms with E-state index in [0.717, 1.165) is 22.8 Å². The number of rotatable bonds is 3. The van der Waals surface area contributed by atoms with Crippen LogP contribution in [0.5, 0.6) is 0 Å². The van der Waals surface area contributed by atoms with Crippen molar-refractivity contribution in [2.75, 3.05) is 6.54 Å². The van der Waals surface area contributed by atoms with Crippen LogP contribution in [0.1, 0.15) is 35.1 Å². The van der Waals surface area contributed by atoms with E-state index in [0.29, 0.717) is 11.8 Å². The van der Waals surface area contributed by atoms with Crippen LogP contribution in [0.25, 0.3) is 5.78 Å². The van der Waals surface area contributed by atoms with E-state index in [1.165, 1.54) is 24.3 Å². The zero-order valence-electron chi connectivity index (χ0n) is 13.3. The Labute approximate surface area is 144 Å². The SMILES string of the molecule is Cc1cc(C)n2c(=S)n(C[NH+]3CCC[C@@H]3c3cccs3)nc2n1. The molecule has 1 unspecified atom stereocenters. The highest BCUT2D eigenvalue weighted by Crippen LogP contribution is 2.23. The van der Waals surface area contributed by atoms with E-state index in [2.05, 4.69) is 34.5 Å². The van der Waals surface area contributed by atoms with E-state index >= 15 is 0 Å². The summed E-state index contributed by atoms with van der Waals surface area (Å²) >= 11 is 7.50. The number of aryl methyl sites for hydroxylation is 2. The van der Waals surface area contributed by atoms with Gasteiger partial charge in [-0.2, -0.15) is 4.68 Å². The molecule has 1 saturated heterocycles. The summed E-state index contributed by atoms with van der Waals surface area (Å²) in [7, 11) is 0. The van der Waals surface area contributed by atoms with Gasteiger partial charge in [-0.3, -0.25) is 4.40 Å². The summed E-state index contributed by atoms with van der Waals surface area (Å²) in [5.41, 5.74) is 2.07. The van der Waals surface area contributed by atoms with Crippen molar-refractivity contribution in [2.45, 2.75) is 39.4 Å². The lowest BCUT2D eigenvalue weighted by Crippen LogP contribution is -3.09. The van der Waals surface area contributed by atoms with E-state index in [-0.39, 0.29) is 0 Å². The number of nitrogens with one attached hydrogen (secondary N) is 1. The third kappa shape index (κ3) is 2.62. The highest BCUT2D eigenvalue weighted by atomic mass is 32.1. The molecule has 1 aliphatic heterocycles. The van der Waals surface area contributed by atoms with Gasteiger partial charge in [0.25, 0.3) is 5.78 Å². The van der Waals surface area contributed by atoms with E-state index in [1.54, 1.807) is 4.90 Å². The zero-order valence-corrected chi connectivity index (χ0v) is 15.0. The molecule has 0 radical (unpaired) electrons. The lowest BCUT2D eigenvalue weighted by atomic mass is 10.2. The Kier molecular flexibility index (Phi) is 3.79. The topological polar surface area (TPSA) is 39.6 Å². The summed E-state index contributed by atoms with van der Waals surface area (Å²) in [6.45, 7) is 6.03. The highest BCUT2D eigenvalue weighted by molar-refractivity contribution is 7.71. The first-order valence-corrected chi connectivity index (χ1v) is 9.24. The van der Waals surface area contributed by atoms with Gasteiger partial charge in [0.1, 0.15) is 6.04 Å². The van der Waals surface area contributed by atoms with Crippen molar-refractivity contribution >= 4 is 29.3 Å². The minimum Gasteiger partial charge on any atom is -0.309 e. The molecule has 0 aliphatic carbocycles. The minimum atomic E-state index is 0.567. The van der Waals surface area contributed by atoms with Crippen LogP contribution < -0.4 is 4.90 Å². The summed E-state index contributed by atoms with van der Waals surface area (Å²) < 4.78 is 4.66. The minimum absolute atomic E-state index is 0.567. The lowest BCUT2D eigenvalue weighted by molar-refractivity contribution is -0.941. The van der Waals surface area contributed by atoms with Crippen molar-refractivity contribution in [3.8, 4) is 0 Å². The van der Waals surface area contributed by atoms with Crippen molar-refractivity contribution in [2.24, 2.45) is 0 Å². The van der Waals surface area contributed by atoms with Gasteiger partial charge in [0.05, 0.1) is 11.4 Å². The van der Waals surface area contributed by atoms with E-state index < -0.39 is 0 Å². The molecule has 0 aromatic carbocycles. The summed E-state index contributed by atoms with van der Waals surface area (Å²) in [5, 5.41) is 6.82. The first-order chi connectivity index (χ1) is 11.1. The molecule has 2 atom stereocenters. The molecular formula is C16H20N5S2+. The molecule has 23 heavy (non-hydrogen) atoms. The molecule has 7 heteroatoms. The second-order valence-corrected chi connectivity index (χ2v) is 7.58. The van der Waals surface area contributed by atoms with E-state index in [9.17, 15) is 0 Å². The molecule has 1 aliphatic rings. The number of hydrogen-bond acceptors (Lipinski definition) is 4. The van der Waals surface area contributed by atoms with Gasteiger partial charge in [0, 0.05) is 24.2 Å². The van der Waals surface area contributed by atoms with Gasteiger partial charge in [-0.05, 0) is 43.6 Å². The van der Waals surface area contributed by atoms with Crippen molar-refractivity contribution in [1.29, 1.82) is 0 Å². The predicted molar refractivity (Wildman–Crippen MR) is 93.4 cm³/mol. The normalized spacial score (nSPS) is 21.3. The van der Waals surface area contributed by atoms with Gasteiger partial charge in [0.15, 0.2) is 6.67 Å². The number of fused-ring (bicyclic) bond motifs is 1. The van der Waals surface area contributed by atoms with Gasteiger partial charge >= 0.3 is 0 Å². The molecule has 4 heterocycles. The predicted octanol–water partition coefficient (Wildman–Crippen LogP) is 2.32. The Bertz CT molecular complexity index is 893. The third-order valence-electron chi connectivity index (χ3n) is 4.59. The fraction of sp³-hybridized carbons (Fsp3) is 0.438. The van der Waals surface area contributed by atoms with Crippen molar-refractivity contribution in [3.63, 3.8) is 0 Å². The van der Waals surface area contributed by atoms with Crippen molar-refractivity contribution in [3.05, 3.63) is 44.6 Å². The molecule has 3 aromatic rings. The molecule has 0 bridgehead atoms. The highest BCUT2D eigenvalue weighted by Gasteiger charge is 2.31. The maximum Gasteiger partial charge on any atom is 0.254 e. The Morgan fingerprint density at radius 1 is 1.43 bits per heavy atom. The van der Waals surface area contributed by atoms with Crippen LogP contribution >= 0.6 is 23.6 Å². The number of nitrogens with zero attached hydrogens (tertiary/aromatic N) is 4. The van der Waals surface area contributed by atoms with Gasteiger partial charge in [-0.15, -0.1) is 16.4 Å². The van der Waals surface area contributed by atoms with Crippen molar-refractivity contribution in [1.82, 2.24) is 19.2 Å². The maximum atomic E-state index is 5.64. The van der Waals surface area contributed by atoms with Gasteiger partial charge in [-0.1, -0.05) is 6.07 Å². The molecule has 3 aromatic heterocycles. The van der Waals surface area contributed by atoms with Crippen LogP contribution in [0.3, 0.4) is 0 Å². The zero-order chi connectivity index (χ0) is 16.0. The van der Waals surface area contributed by atoms with Gasteiger partial charge in [0.2, 0.25) is 4.77 Å². The number of quaternary nitrogens is 1. The quantitative estimate of drug-likeness (QED) is 0.740. The van der Waals surface area contributed by atoms with Crippen LogP contribution in [0, 0.1) is 18.6 Å². The second-order valence-electron chi connectivity index (χ2n) is 6.23. The molecule has 0 saturated carbocycles. The molecule has 0 amide bonds. The van der Waals surface area contributed by atoms with Crippen LogP contribution in [0.2, 0.25) is 0 Å². The smallest absolute Gasteiger partial charge is 0.254 e. The standard InChI is InChI=1S/C16H19N5S2/c1-11-9-12(2)21-15(17-11)18-20(16(21)22)10-19-7-3-5-13(19)14-6-4-8-23-14/h4,6,8-9,13H,3,5,7,10H2,1-2H3/p+1/t13-/m1/s1. The largest absolute Gasteiger partial charge is 0.309 e. The van der Waals surface area contributed by atoms with Crippen LogP contribution in [0.15, 0.2) is 23.6 Å². The maximum absolute atomic E-state index is 5.64. The summed E-state index contributed by atoms with van der Waals surface area (Å²) in [6.07, 6.45) is 2.50. The first kappa shape index (κ1) is 15.0. The summed E-state index contributed by atoms with van der Waals surface area (Å²) in [4.78, 5) is 7.53. The fourth-order valence-electron chi connectivity index (χ4n) is 3.56. The number of thiophene rings is 1. The monoisotopic (exact) mass is 346 g/mol. The van der Waals surface area contributed by atoms with Crippen LogP contribution in [-0.4, -0.2) is 25.7 Å². The number of hydrogen-bond donors (Lipinski definition) is 1. The average Bonchev–Trinajstić information content (AvgIpc) is 3.20. The number of aromatic nitrogens is 4. The average molecular weight is 347 g/mol. The molecular weight excluding hydrogens is 326 g/mol. The molecule has 5 nitrogen and oxygen atoms in total. The molecule has 1 N–H and O–H groups in total. The Morgan fingerprint density at radius 3 is 3.09 bits per heavy atom. The molecule has 4 rings (SSSR count). The van der Waals surface area contributed by atoms with Gasteiger partial charge in [-0.25, -0.2) is 4.98 Å². The van der Waals surface area contributed by atoms with E-state index in [4.69, 9.17) is 12.2 Å². The molecule has 1 fully saturated rings. The molecule has 120 valence electrons. The van der Waals surface area contributed by atoms with Crippen LogP contribution in [0.4, 0.5) is 0 Å². The van der Waals surface area contributed by atoms with Crippen molar-refractivity contribution < 1.29 is 4.90 Å². The molecule has 0 spiro atoms. The van der Waals surface area contributed by atoms with E-state index in [1.807, 2.05) is 33.4 Å².